The van der Waals surface area contributed by atoms with Crippen LogP contribution in [0.4, 0.5) is 17.6 Å². The number of benzene rings is 1. The number of aryl methyl sites for hydroxylation is 1. The van der Waals surface area contributed by atoms with Gasteiger partial charge in [0, 0.05) is 18.3 Å². The van der Waals surface area contributed by atoms with Crippen molar-refractivity contribution in [1.82, 2.24) is 14.2 Å². The van der Waals surface area contributed by atoms with Crippen LogP contribution in [0.1, 0.15) is 43.9 Å². The highest BCUT2D eigenvalue weighted by Gasteiger charge is 2.26. The Kier molecular flexibility index (Phi) is 6.12. The van der Waals surface area contributed by atoms with Crippen LogP contribution in [0.25, 0.3) is 16.9 Å². The molecular formula is C20H20ClF4N3O2. The molecule has 0 bridgehead atoms. The normalized spacial score (nSPS) is 11.8. The molecule has 0 unspecified atom stereocenters. The Morgan fingerprint density at radius 3 is 2.40 bits per heavy atom. The molecule has 5 nitrogen and oxygen atoms in total. The lowest BCUT2D eigenvalue weighted by atomic mass is 9.95. The van der Waals surface area contributed by atoms with Gasteiger partial charge >= 0.3 is 6.61 Å². The van der Waals surface area contributed by atoms with Gasteiger partial charge in [0.1, 0.15) is 5.52 Å². The van der Waals surface area contributed by atoms with Gasteiger partial charge in [0.05, 0.1) is 5.02 Å². The zero-order chi connectivity index (χ0) is 22.3. The minimum absolute atomic E-state index is 0.117. The SMILES string of the molecule is CCC(CC)c1cc(C)n2nc(-c3cc(F)c(OC(F)F)c(F)c3Cl)n(C)c(=O)c12. The highest BCUT2D eigenvalue weighted by molar-refractivity contribution is 6.33. The smallest absolute Gasteiger partial charge is 0.387 e. The summed E-state index contributed by atoms with van der Waals surface area (Å²) in [4.78, 5) is 13.1. The molecule has 0 aliphatic rings. The van der Waals surface area contributed by atoms with Crippen LogP contribution < -0.4 is 10.3 Å². The molecule has 30 heavy (non-hydrogen) atoms. The van der Waals surface area contributed by atoms with Crippen LogP contribution in [-0.2, 0) is 7.05 Å². The van der Waals surface area contributed by atoms with Crippen LogP contribution in [-0.4, -0.2) is 20.8 Å². The summed E-state index contributed by atoms with van der Waals surface area (Å²) >= 11 is 5.97. The second-order valence-electron chi connectivity index (χ2n) is 6.94. The quantitative estimate of drug-likeness (QED) is 0.374. The van der Waals surface area contributed by atoms with Crippen molar-refractivity contribution in [3.8, 4) is 17.1 Å². The number of fused-ring (bicyclic) bond motifs is 1. The Balaban J connectivity index is 2.30. The molecule has 2 aromatic heterocycles. The van der Waals surface area contributed by atoms with Crippen LogP contribution in [0.15, 0.2) is 16.9 Å². The molecule has 0 radical (unpaired) electrons. The van der Waals surface area contributed by atoms with Gasteiger partial charge < -0.3 is 4.74 Å². The first-order chi connectivity index (χ1) is 14.1. The molecule has 0 atom stereocenters. The van der Waals surface area contributed by atoms with E-state index in [-0.39, 0.29) is 17.3 Å². The van der Waals surface area contributed by atoms with E-state index < -0.39 is 34.6 Å². The molecule has 0 aliphatic heterocycles. The van der Waals surface area contributed by atoms with Crippen molar-refractivity contribution in [2.45, 2.75) is 46.1 Å². The minimum Gasteiger partial charge on any atom is -0.428 e. The van der Waals surface area contributed by atoms with E-state index >= 15 is 0 Å². The van der Waals surface area contributed by atoms with Gasteiger partial charge in [-0.3, -0.25) is 9.36 Å². The van der Waals surface area contributed by atoms with Crippen LogP contribution in [0.5, 0.6) is 5.75 Å². The minimum atomic E-state index is -3.43. The van der Waals surface area contributed by atoms with Gasteiger partial charge in [-0.2, -0.15) is 8.78 Å². The molecule has 0 N–H and O–H groups in total. The van der Waals surface area contributed by atoms with Crippen molar-refractivity contribution in [3.05, 3.63) is 50.4 Å². The summed E-state index contributed by atoms with van der Waals surface area (Å²) in [6.07, 6.45) is 1.66. The van der Waals surface area contributed by atoms with Crippen molar-refractivity contribution in [2.24, 2.45) is 7.05 Å². The van der Waals surface area contributed by atoms with Gasteiger partial charge in [0.25, 0.3) is 5.56 Å². The largest absolute Gasteiger partial charge is 0.428 e. The highest BCUT2D eigenvalue weighted by atomic mass is 35.5. The van der Waals surface area contributed by atoms with Gasteiger partial charge in [0.2, 0.25) is 0 Å². The molecule has 1 aromatic carbocycles. The number of halogens is 5. The first kappa shape index (κ1) is 22.1. The monoisotopic (exact) mass is 445 g/mol. The van der Waals surface area contributed by atoms with Gasteiger partial charge in [0.15, 0.2) is 23.2 Å². The molecule has 3 aromatic rings. The third kappa shape index (κ3) is 3.55. The lowest BCUT2D eigenvalue weighted by molar-refractivity contribution is -0.0546. The second kappa shape index (κ2) is 8.29. The van der Waals surface area contributed by atoms with Gasteiger partial charge in [-0.1, -0.05) is 25.4 Å². The fourth-order valence-corrected chi connectivity index (χ4v) is 3.85. The molecule has 0 fully saturated rings. The number of aromatic nitrogens is 3. The Hall–Kier alpha value is -2.55. The summed E-state index contributed by atoms with van der Waals surface area (Å²) in [7, 11) is 1.40. The second-order valence-corrected chi connectivity index (χ2v) is 7.32. The molecule has 3 rings (SSSR count). The Labute approximate surface area is 174 Å². The van der Waals surface area contributed by atoms with Crippen molar-refractivity contribution in [2.75, 3.05) is 0 Å². The first-order valence-electron chi connectivity index (χ1n) is 9.34. The van der Waals surface area contributed by atoms with E-state index in [1.807, 2.05) is 19.9 Å². The van der Waals surface area contributed by atoms with Crippen molar-refractivity contribution < 1.29 is 22.3 Å². The van der Waals surface area contributed by atoms with Crippen LogP contribution in [0, 0.1) is 18.6 Å². The van der Waals surface area contributed by atoms with E-state index in [2.05, 4.69) is 9.84 Å². The average molecular weight is 446 g/mol. The number of ether oxygens (including phenoxy) is 1. The Bertz CT molecular complexity index is 1170. The Morgan fingerprint density at radius 1 is 1.20 bits per heavy atom. The number of rotatable bonds is 6. The first-order valence-corrected chi connectivity index (χ1v) is 9.71. The van der Waals surface area contributed by atoms with Crippen LogP contribution in [0.3, 0.4) is 0 Å². The fraction of sp³-hybridized carbons (Fsp3) is 0.400. The third-order valence-electron chi connectivity index (χ3n) is 5.19. The molecule has 2 heterocycles. The zero-order valence-electron chi connectivity index (χ0n) is 16.8. The maximum Gasteiger partial charge on any atom is 0.387 e. The predicted molar refractivity (Wildman–Crippen MR) is 105 cm³/mol. The molecule has 0 amide bonds. The van der Waals surface area contributed by atoms with Crippen molar-refractivity contribution in [1.29, 1.82) is 0 Å². The predicted octanol–water partition coefficient (Wildman–Crippen LogP) is 5.45. The van der Waals surface area contributed by atoms with E-state index in [9.17, 15) is 22.4 Å². The molecule has 0 saturated heterocycles. The summed E-state index contributed by atoms with van der Waals surface area (Å²) in [6.45, 7) is 2.37. The number of nitrogens with zero attached hydrogens (tertiary/aromatic N) is 3. The summed E-state index contributed by atoms with van der Waals surface area (Å²) in [6, 6.07) is 2.59. The van der Waals surface area contributed by atoms with Crippen LogP contribution in [0.2, 0.25) is 5.02 Å². The standard InChI is InChI=1S/C20H20ClF4N3O2/c1-5-10(6-2)11-7-9(3)28-16(11)19(29)27(4)18(26-28)12-8-13(22)17(30-20(24)25)15(23)14(12)21/h7-8,10,20H,5-6H2,1-4H3. The van der Waals surface area contributed by atoms with E-state index in [4.69, 9.17) is 11.6 Å². The van der Waals surface area contributed by atoms with Gasteiger partial charge in [-0.25, -0.2) is 13.3 Å². The lowest BCUT2D eigenvalue weighted by Gasteiger charge is -2.15. The maximum atomic E-state index is 14.4. The van der Waals surface area contributed by atoms with E-state index in [0.717, 1.165) is 29.0 Å². The number of alkyl halides is 2. The average Bonchev–Trinajstić information content (AvgIpc) is 3.02. The molecule has 10 heteroatoms. The summed E-state index contributed by atoms with van der Waals surface area (Å²) < 4.78 is 60.0. The van der Waals surface area contributed by atoms with Gasteiger partial charge in [-0.05, 0) is 43.4 Å². The molecule has 0 spiro atoms. The molecule has 0 saturated carbocycles. The molecule has 0 aliphatic carbocycles. The summed E-state index contributed by atoms with van der Waals surface area (Å²) in [5.74, 6) is -4.14. The van der Waals surface area contributed by atoms with Crippen molar-refractivity contribution >= 4 is 17.1 Å². The molecular weight excluding hydrogens is 426 g/mol. The van der Waals surface area contributed by atoms with Gasteiger partial charge in [-0.15, -0.1) is 5.10 Å². The maximum absolute atomic E-state index is 14.4. The van der Waals surface area contributed by atoms with E-state index in [1.54, 1.807) is 6.92 Å². The van der Waals surface area contributed by atoms with E-state index in [0.29, 0.717) is 11.2 Å². The lowest BCUT2D eigenvalue weighted by Crippen LogP contribution is -2.24. The zero-order valence-corrected chi connectivity index (χ0v) is 17.5. The number of hydrogen-bond donors (Lipinski definition) is 0. The summed E-state index contributed by atoms with van der Waals surface area (Å²) in [5, 5.41) is 3.70. The van der Waals surface area contributed by atoms with E-state index in [1.165, 1.54) is 11.6 Å². The van der Waals surface area contributed by atoms with Crippen molar-refractivity contribution in [3.63, 3.8) is 0 Å². The topological polar surface area (TPSA) is 48.5 Å². The third-order valence-corrected chi connectivity index (χ3v) is 5.56. The highest BCUT2D eigenvalue weighted by Crippen LogP contribution is 2.37. The molecule has 162 valence electrons. The fourth-order valence-electron chi connectivity index (χ4n) is 3.63. The summed E-state index contributed by atoms with van der Waals surface area (Å²) in [5.41, 5.74) is 1.22. The Morgan fingerprint density at radius 2 is 1.83 bits per heavy atom. The number of hydrogen-bond acceptors (Lipinski definition) is 3. The van der Waals surface area contributed by atoms with Crippen LogP contribution >= 0.6 is 11.6 Å².